The molecule has 6 heteroatoms. The van der Waals surface area contributed by atoms with E-state index in [0.29, 0.717) is 5.92 Å². The second-order valence-electron chi connectivity index (χ2n) is 9.19. The number of hydrogen-bond acceptors (Lipinski definition) is 5. The van der Waals surface area contributed by atoms with Gasteiger partial charge in [-0.3, -0.25) is 0 Å². The fourth-order valence-electron chi connectivity index (χ4n) is 4.08. The van der Waals surface area contributed by atoms with Gasteiger partial charge < -0.3 is 24.2 Å². The highest BCUT2D eigenvalue weighted by atomic mass is 19.1. The average Bonchev–Trinajstić information content (AvgIpc) is 2.97. The molecule has 1 aliphatic heterocycles. The zero-order chi connectivity index (χ0) is 29.2. The van der Waals surface area contributed by atoms with Gasteiger partial charge in [0.2, 0.25) is 0 Å². The number of benzene rings is 2. The number of aliphatic imine (C=N–C) groups is 1. The molecule has 38 heavy (non-hydrogen) atoms. The van der Waals surface area contributed by atoms with Crippen LogP contribution in [0, 0.1) is 12.7 Å². The lowest BCUT2D eigenvalue weighted by Crippen LogP contribution is -2.31. The fraction of sp³-hybridized carbons (Fsp3) is 0.531. The molecule has 214 valence electrons. The maximum atomic E-state index is 14.1. The van der Waals surface area contributed by atoms with E-state index in [1.165, 1.54) is 61.6 Å². The molecule has 1 heterocycles. The van der Waals surface area contributed by atoms with E-state index in [1.807, 2.05) is 19.6 Å². The summed E-state index contributed by atoms with van der Waals surface area (Å²) in [4.78, 5) is 22.1. The van der Waals surface area contributed by atoms with Crippen LogP contribution >= 0.6 is 0 Å². The summed E-state index contributed by atoms with van der Waals surface area (Å²) in [6.45, 7) is 16.9. The van der Waals surface area contributed by atoms with Gasteiger partial charge in [0.05, 0.1) is 5.69 Å². The summed E-state index contributed by atoms with van der Waals surface area (Å²) in [5.41, 5.74) is 4.82. The first-order valence-corrected chi connectivity index (χ1v) is 13.5. The Morgan fingerprint density at radius 3 is 2.05 bits per heavy atom. The predicted molar refractivity (Wildman–Crippen MR) is 161 cm³/mol. The number of aryl methyl sites for hydroxylation is 2. The van der Waals surface area contributed by atoms with Crippen LogP contribution in [0.25, 0.3) is 0 Å². The lowest BCUT2D eigenvalue weighted by atomic mass is 9.95. The van der Waals surface area contributed by atoms with Crippen LogP contribution in [-0.4, -0.2) is 54.1 Å². The van der Waals surface area contributed by atoms with E-state index in [4.69, 9.17) is 9.59 Å². The minimum absolute atomic E-state index is 0.0512. The van der Waals surface area contributed by atoms with Crippen molar-refractivity contribution in [2.45, 2.75) is 78.1 Å². The minimum Gasteiger partial charge on any atom is -0.388 e. The van der Waals surface area contributed by atoms with Crippen LogP contribution in [0.2, 0.25) is 0 Å². The zero-order valence-corrected chi connectivity index (χ0v) is 24.5. The van der Waals surface area contributed by atoms with E-state index < -0.39 is 0 Å². The molecule has 5 nitrogen and oxygen atoms in total. The van der Waals surface area contributed by atoms with Gasteiger partial charge in [0.1, 0.15) is 19.4 Å². The Kier molecular flexibility index (Phi) is 25.3. The number of methoxy groups -OCH3 is 1. The van der Waals surface area contributed by atoms with Crippen molar-refractivity contribution in [2.75, 3.05) is 38.8 Å². The number of ether oxygens (including phenoxy) is 1. The van der Waals surface area contributed by atoms with Crippen molar-refractivity contribution in [3.05, 3.63) is 65.0 Å². The topological polar surface area (TPSA) is 59.0 Å². The van der Waals surface area contributed by atoms with Crippen molar-refractivity contribution in [1.29, 1.82) is 0 Å². The van der Waals surface area contributed by atoms with E-state index in [0.717, 1.165) is 31.7 Å². The lowest BCUT2D eigenvalue weighted by Gasteiger charge is -2.32. The van der Waals surface area contributed by atoms with Crippen LogP contribution in [0.1, 0.15) is 81.4 Å². The van der Waals surface area contributed by atoms with E-state index in [9.17, 15) is 4.39 Å². The standard InChI is InChI=1S/C15H22FN.C13H19N.C2H6O.2CH2O/c1-3-12(2)13-8-7-9-14(16)15(13)17-10-5-4-6-11-17;1-12-7-9-13(10-8-12)6-4-3-5-11-14-2;1-3-2;2*1-2/h7-9,12H,3-6,10-11H2,1-2H3;7-10H,2-6,11H2,1H3;1-2H3;2*1H2. The molecule has 1 fully saturated rings. The third-order valence-corrected chi connectivity index (χ3v) is 6.24. The first kappa shape index (κ1) is 37.3. The van der Waals surface area contributed by atoms with E-state index >= 15 is 0 Å². The van der Waals surface area contributed by atoms with Crippen molar-refractivity contribution >= 4 is 26.0 Å². The largest absolute Gasteiger partial charge is 0.388 e. The number of nitrogens with zero attached hydrogens (tertiary/aromatic N) is 2. The monoisotopic (exact) mass is 530 g/mol. The molecule has 1 unspecified atom stereocenters. The number of rotatable bonds is 9. The number of halogens is 1. The van der Waals surface area contributed by atoms with Gasteiger partial charge in [0.15, 0.2) is 0 Å². The molecule has 1 aliphatic rings. The second-order valence-corrected chi connectivity index (χ2v) is 9.19. The highest BCUT2D eigenvalue weighted by Gasteiger charge is 2.20. The Morgan fingerprint density at radius 2 is 1.53 bits per heavy atom. The second kappa shape index (κ2) is 25.8. The Balaban J connectivity index is 0. The van der Waals surface area contributed by atoms with E-state index in [2.05, 4.69) is 72.4 Å². The molecule has 0 bridgehead atoms. The lowest BCUT2D eigenvalue weighted by molar-refractivity contribution is -0.0987. The van der Waals surface area contributed by atoms with Gasteiger partial charge in [0, 0.05) is 33.9 Å². The zero-order valence-electron chi connectivity index (χ0n) is 24.5. The first-order chi connectivity index (χ1) is 18.5. The minimum atomic E-state index is -0.0512. The van der Waals surface area contributed by atoms with Gasteiger partial charge in [-0.25, -0.2) is 4.39 Å². The maximum absolute atomic E-state index is 14.1. The number of hydrogen-bond donors (Lipinski definition) is 0. The molecule has 0 radical (unpaired) electrons. The molecule has 0 aromatic heterocycles. The van der Waals surface area contributed by atoms with Crippen molar-refractivity contribution in [3.8, 4) is 0 Å². The van der Waals surface area contributed by atoms with Crippen molar-refractivity contribution in [3.63, 3.8) is 0 Å². The predicted octanol–water partition coefficient (Wildman–Crippen LogP) is 7.63. The molecule has 0 amide bonds. The van der Waals surface area contributed by atoms with Crippen LogP contribution in [-0.2, 0) is 20.7 Å². The SMILES string of the molecule is C=NCCCCCc1ccc(C)cc1.C=O.C=O.CCC(C)c1cccc(F)c1N1CCCCC1.COC. The van der Waals surface area contributed by atoms with Crippen molar-refractivity contribution in [2.24, 2.45) is 4.99 Å². The summed E-state index contributed by atoms with van der Waals surface area (Å²) in [6, 6.07) is 14.3. The summed E-state index contributed by atoms with van der Waals surface area (Å²) < 4.78 is 18.3. The maximum Gasteiger partial charge on any atom is 0.146 e. The van der Waals surface area contributed by atoms with Gasteiger partial charge in [-0.1, -0.05) is 62.2 Å². The summed E-state index contributed by atoms with van der Waals surface area (Å²) in [6.07, 6.45) is 9.61. The number of unbranched alkanes of at least 4 members (excludes halogenated alkanes) is 2. The number of para-hydroxylation sites is 1. The molecular formula is C32H51FN2O3. The Bertz CT molecular complexity index is 822. The number of anilines is 1. The molecule has 1 saturated heterocycles. The van der Waals surface area contributed by atoms with Gasteiger partial charge in [-0.05, 0) is 81.7 Å². The Hall–Kier alpha value is -2.86. The van der Waals surface area contributed by atoms with Gasteiger partial charge >= 0.3 is 0 Å². The Morgan fingerprint density at radius 1 is 0.947 bits per heavy atom. The molecular weight excluding hydrogens is 479 g/mol. The number of carbonyl (C=O) groups excluding carboxylic acids is 2. The number of carbonyl (C=O) groups is 2. The highest BCUT2D eigenvalue weighted by Crippen LogP contribution is 2.33. The Labute approximate surface area is 231 Å². The summed E-state index contributed by atoms with van der Waals surface area (Å²) in [5, 5.41) is 0. The van der Waals surface area contributed by atoms with Crippen molar-refractivity contribution in [1.82, 2.24) is 0 Å². The number of piperidine rings is 1. The fourth-order valence-corrected chi connectivity index (χ4v) is 4.08. The summed E-state index contributed by atoms with van der Waals surface area (Å²) >= 11 is 0. The van der Waals surface area contributed by atoms with Crippen LogP contribution in [0.15, 0.2) is 47.5 Å². The smallest absolute Gasteiger partial charge is 0.146 e. The van der Waals surface area contributed by atoms with Crippen LogP contribution in [0.3, 0.4) is 0 Å². The van der Waals surface area contributed by atoms with Gasteiger partial charge in [0.25, 0.3) is 0 Å². The molecule has 1 atom stereocenters. The van der Waals surface area contributed by atoms with Crippen LogP contribution in [0.5, 0.6) is 0 Å². The third-order valence-electron chi connectivity index (χ3n) is 6.24. The molecule has 2 aromatic carbocycles. The van der Waals surface area contributed by atoms with E-state index in [-0.39, 0.29) is 5.82 Å². The van der Waals surface area contributed by atoms with E-state index in [1.54, 1.807) is 20.3 Å². The van der Waals surface area contributed by atoms with Crippen LogP contribution < -0.4 is 4.90 Å². The molecule has 0 saturated carbocycles. The van der Waals surface area contributed by atoms with Gasteiger partial charge in [-0.15, -0.1) is 0 Å². The summed E-state index contributed by atoms with van der Waals surface area (Å²) in [5.74, 6) is 0.382. The average molecular weight is 531 g/mol. The molecule has 2 aromatic rings. The molecule has 0 aliphatic carbocycles. The molecule has 3 rings (SSSR count). The molecule has 0 N–H and O–H groups in total. The first-order valence-electron chi connectivity index (χ1n) is 13.5. The van der Waals surface area contributed by atoms with Crippen molar-refractivity contribution < 1.29 is 18.7 Å². The van der Waals surface area contributed by atoms with Gasteiger partial charge in [-0.2, -0.15) is 0 Å². The quantitative estimate of drug-likeness (QED) is 0.247. The summed E-state index contributed by atoms with van der Waals surface area (Å²) in [7, 11) is 3.25. The molecule has 0 spiro atoms. The third kappa shape index (κ3) is 16.1. The normalized spacial score (nSPS) is 12.5. The highest BCUT2D eigenvalue weighted by molar-refractivity contribution is 5.56. The van der Waals surface area contributed by atoms with Crippen LogP contribution in [0.4, 0.5) is 10.1 Å².